The van der Waals surface area contributed by atoms with E-state index in [1.165, 1.54) is 20.3 Å². The van der Waals surface area contributed by atoms with Crippen LogP contribution >= 0.6 is 0 Å². The summed E-state index contributed by atoms with van der Waals surface area (Å²) >= 11 is 0. The second-order valence-corrected chi connectivity index (χ2v) is 8.36. The van der Waals surface area contributed by atoms with Crippen LogP contribution in [0.15, 0.2) is 0 Å². The van der Waals surface area contributed by atoms with Gasteiger partial charge >= 0.3 is 12.1 Å². The van der Waals surface area contributed by atoms with Crippen LogP contribution in [0.1, 0.15) is 73.1 Å². The molecule has 144 valence electrons. The van der Waals surface area contributed by atoms with Crippen molar-refractivity contribution in [3.8, 4) is 0 Å². The Kier molecular flexibility index (Phi) is 7.26. The third-order valence-corrected chi connectivity index (χ3v) is 4.28. The average molecular weight is 356 g/mol. The van der Waals surface area contributed by atoms with E-state index in [-0.39, 0.29) is 0 Å². The summed E-state index contributed by atoms with van der Waals surface area (Å²) in [5, 5.41) is 14.5. The lowest BCUT2D eigenvalue weighted by atomic mass is 9.84. The van der Waals surface area contributed by atoms with Crippen LogP contribution in [-0.2, 0) is 14.3 Å². The molecule has 0 aliphatic heterocycles. The number of amides is 2. The fourth-order valence-corrected chi connectivity index (χ4v) is 2.93. The molecule has 0 aromatic carbocycles. The highest BCUT2D eigenvalue weighted by molar-refractivity contribution is 5.92. The molecular formula is C18H32N2O5. The van der Waals surface area contributed by atoms with Gasteiger partial charge in [-0.05, 0) is 47.0 Å². The Morgan fingerprint density at radius 2 is 1.64 bits per heavy atom. The van der Waals surface area contributed by atoms with E-state index in [0.717, 1.165) is 25.7 Å². The van der Waals surface area contributed by atoms with E-state index >= 15 is 0 Å². The molecule has 0 radical (unpaired) electrons. The summed E-state index contributed by atoms with van der Waals surface area (Å²) in [6.07, 6.45) is 5.11. The standard InChI is InChI=1S/C18H32N2O5/c1-17(2,3)25-16(24)20-18(4,5)15(23)19-13(14(21)22)11-12-9-7-6-8-10-12/h12-13H,6-11H2,1-5H3,(H,19,23)(H,20,24)(H,21,22)/t13-/m1/s1. The van der Waals surface area contributed by atoms with Gasteiger partial charge in [-0.3, -0.25) is 4.79 Å². The number of hydrogen-bond donors (Lipinski definition) is 3. The van der Waals surface area contributed by atoms with Gasteiger partial charge in [0.1, 0.15) is 17.2 Å². The fourth-order valence-electron chi connectivity index (χ4n) is 2.93. The summed E-state index contributed by atoms with van der Waals surface area (Å²) in [6, 6.07) is -0.949. The zero-order valence-corrected chi connectivity index (χ0v) is 16.0. The number of carbonyl (C=O) groups is 3. The van der Waals surface area contributed by atoms with Crippen molar-refractivity contribution >= 4 is 18.0 Å². The molecule has 0 aromatic heterocycles. The van der Waals surface area contributed by atoms with Crippen molar-refractivity contribution in [3.63, 3.8) is 0 Å². The molecule has 7 heteroatoms. The molecular weight excluding hydrogens is 324 g/mol. The van der Waals surface area contributed by atoms with Crippen LogP contribution < -0.4 is 10.6 Å². The summed E-state index contributed by atoms with van der Waals surface area (Å²) in [4.78, 5) is 35.9. The first-order valence-electron chi connectivity index (χ1n) is 8.95. The van der Waals surface area contributed by atoms with Crippen molar-refractivity contribution in [1.29, 1.82) is 0 Å². The molecule has 0 spiro atoms. The van der Waals surface area contributed by atoms with Gasteiger partial charge in [0.15, 0.2) is 0 Å². The Labute approximate surface area is 149 Å². The van der Waals surface area contributed by atoms with Gasteiger partial charge in [0.2, 0.25) is 5.91 Å². The molecule has 7 nitrogen and oxygen atoms in total. The Hall–Kier alpha value is -1.79. The Morgan fingerprint density at radius 3 is 2.12 bits per heavy atom. The highest BCUT2D eigenvalue weighted by atomic mass is 16.6. The summed E-state index contributed by atoms with van der Waals surface area (Å²) in [6.45, 7) is 8.22. The van der Waals surface area contributed by atoms with E-state index in [4.69, 9.17) is 4.74 Å². The maximum Gasteiger partial charge on any atom is 0.408 e. The van der Waals surface area contributed by atoms with E-state index in [9.17, 15) is 19.5 Å². The zero-order valence-electron chi connectivity index (χ0n) is 16.0. The van der Waals surface area contributed by atoms with Gasteiger partial charge in [0, 0.05) is 0 Å². The maximum atomic E-state index is 12.5. The highest BCUT2D eigenvalue weighted by Gasteiger charge is 2.35. The van der Waals surface area contributed by atoms with E-state index in [2.05, 4.69) is 10.6 Å². The van der Waals surface area contributed by atoms with Gasteiger partial charge in [0.25, 0.3) is 0 Å². The van der Waals surface area contributed by atoms with E-state index in [1.54, 1.807) is 20.8 Å². The molecule has 2 amide bonds. The number of aliphatic carboxylic acids is 1. The van der Waals surface area contributed by atoms with Gasteiger partial charge < -0.3 is 20.5 Å². The molecule has 0 unspecified atom stereocenters. The monoisotopic (exact) mass is 356 g/mol. The largest absolute Gasteiger partial charge is 0.480 e. The van der Waals surface area contributed by atoms with Gasteiger partial charge in [-0.15, -0.1) is 0 Å². The normalized spacial score (nSPS) is 17.5. The lowest BCUT2D eigenvalue weighted by Gasteiger charge is -2.30. The molecule has 1 aliphatic rings. The molecule has 0 bridgehead atoms. The summed E-state index contributed by atoms with van der Waals surface area (Å²) in [5.74, 6) is -1.27. The first-order valence-corrected chi connectivity index (χ1v) is 8.95. The SMILES string of the molecule is CC(C)(C)OC(=O)NC(C)(C)C(=O)N[C@H](CC1CCCCC1)C(=O)O. The minimum Gasteiger partial charge on any atom is -0.480 e. The number of carbonyl (C=O) groups excluding carboxylic acids is 2. The number of hydrogen-bond acceptors (Lipinski definition) is 4. The number of ether oxygens (including phenoxy) is 1. The van der Waals surface area contributed by atoms with E-state index < -0.39 is 35.2 Å². The van der Waals surface area contributed by atoms with Crippen LogP contribution in [0.25, 0.3) is 0 Å². The maximum absolute atomic E-state index is 12.5. The highest BCUT2D eigenvalue weighted by Crippen LogP contribution is 2.27. The minimum atomic E-state index is -1.28. The van der Waals surface area contributed by atoms with Crippen LogP contribution in [0.2, 0.25) is 0 Å². The number of carboxylic acid groups (broad SMARTS) is 1. The molecule has 0 heterocycles. The number of alkyl carbamates (subject to hydrolysis) is 1. The lowest BCUT2D eigenvalue weighted by Crippen LogP contribution is -2.58. The molecule has 25 heavy (non-hydrogen) atoms. The molecule has 1 fully saturated rings. The topological polar surface area (TPSA) is 105 Å². The van der Waals surface area contributed by atoms with Gasteiger partial charge in [-0.25, -0.2) is 9.59 Å². The molecule has 0 aromatic rings. The third kappa shape index (κ3) is 7.75. The Balaban J connectivity index is 2.64. The van der Waals surface area contributed by atoms with Crippen molar-refractivity contribution in [2.75, 3.05) is 0 Å². The van der Waals surface area contributed by atoms with Crippen molar-refractivity contribution in [2.45, 2.75) is 90.3 Å². The fraction of sp³-hybridized carbons (Fsp3) is 0.833. The molecule has 1 aliphatic carbocycles. The van der Waals surface area contributed by atoms with Crippen LogP contribution in [0.4, 0.5) is 4.79 Å². The first-order chi connectivity index (χ1) is 11.4. The number of carboxylic acids is 1. The van der Waals surface area contributed by atoms with Crippen molar-refractivity contribution < 1.29 is 24.2 Å². The van der Waals surface area contributed by atoms with Crippen molar-refractivity contribution in [2.24, 2.45) is 5.92 Å². The van der Waals surface area contributed by atoms with Crippen LogP contribution in [0.3, 0.4) is 0 Å². The Morgan fingerprint density at radius 1 is 1.08 bits per heavy atom. The van der Waals surface area contributed by atoms with Crippen LogP contribution in [-0.4, -0.2) is 40.3 Å². The minimum absolute atomic E-state index is 0.317. The molecule has 0 saturated heterocycles. The predicted octanol–water partition coefficient (Wildman–Crippen LogP) is 2.83. The number of nitrogens with one attached hydrogen (secondary N) is 2. The lowest BCUT2D eigenvalue weighted by molar-refractivity contribution is -0.143. The van der Waals surface area contributed by atoms with Crippen molar-refractivity contribution in [1.82, 2.24) is 10.6 Å². The predicted molar refractivity (Wildman–Crippen MR) is 94.2 cm³/mol. The van der Waals surface area contributed by atoms with Crippen molar-refractivity contribution in [3.05, 3.63) is 0 Å². The number of rotatable bonds is 6. The van der Waals surface area contributed by atoms with E-state index in [1.807, 2.05) is 0 Å². The van der Waals surface area contributed by atoms with Crippen LogP contribution in [0.5, 0.6) is 0 Å². The van der Waals surface area contributed by atoms with Gasteiger partial charge in [-0.2, -0.15) is 0 Å². The van der Waals surface area contributed by atoms with Gasteiger partial charge in [-0.1, -0.05) is 32.1 Å². The average Bonchev–Trinajstić information content (AvgIpc) is 2.44. The van der Waals surface area contributed by atoms with Gasteiger partial charge in [0.05, 0.1) is 0 Å². The van der Waals surface area contributed by atoms with Crippen LogP contribution in [0, 0.1) is 5.92 Å². The smallest absolute Gasteiger partial charge is 0.408 e. The summed E-state index contributed by atoms with van der Waals surface area (Å²) < 4.78 is 5.15. The first kappa shape index (κ1) is 21.3. The Bertz CT molecular complexity index is 490. The summed E-state index contributed by atoms with van der Waals surface area (Å²) in [5.41, 5.74) is -1.95. The third-order valence-electron chi connectivity index (χ3n) is 4.28. The molecule has 1 saturated carbocycles. The second-order valence-electron chi connectivity index (χ2n) is 8.36. The molecule has 1 atom stereocenters. The zero-order chi connectivity index (χ0) is 19.3. The molecule has 3 N–H and O–H groups in total. The second kappa shape index (κ2) is 8.54. The quantitative estimate of drug-likeness (QED) is 0.679. The summed E-state index contributed by atoms with van der Waals surface area (Å²) in [7, 11) is 0. The molecule has 1 rings (SSSR count). The van der Waals surface area contributed by atoms with E-state index in [0.29, 0.717) is 12.3 Å².